The van der Waals surface area contributed by atoms with Crippen LogP contribution < -0.4 is 0 Å². The molecular formula is C10H21BrMgSi. The average Bonchev–Trinajstić information content (AvgIpc) is 2.02. The Hall–Kier alpha value is 0.943. The van der Waals surface area contributed by atoms with Crippen molar-refractivity contribution in [2.24, 2.45) is 0 Å². The molecular weight excluding hydrogens is 252 g/mol. The van der Waals surface area contributed by atoms with Gasteiger partial charge in [-0.1, -0.05) is 49.9 Å². The Bertz CT molecular complexity index is 138. The van der Waals surface area contributed by atoms with Crippen LogP contribution in [-0.2, 0) is 0 Å². The van der Waals surface area contributed by atoms with Gasteiger partial charge in [-0.2, -0.15) is 0 Å². The molecule has 0 saturated heterocycles. The topological polar surface area (TPSA) is 0 Å². The van der Waals surface area contributed by atoms with E-state index in [4.69, 9.17) is 0 Å². The van der Waals surface area contributed by atoms with Crippen LogP contribution in [0.2, 0.25) is 23.2 Å². The standard InChI is InChI=1S/C7H13Si.C3H7.BrH.Mg/c1-4-6-8(3)7-5-2;1-3-2;;/h4-5H,1-2,6-7H2,3H3;1,3H2,2H3;1H;. The normalized spacial score (nSPS) is 9.69. The maximum Gasteiger partial charge on any atom is 0.365 e. The van der Waals surface area contributed by atoms with Gasteiger partial charge in [0.05, 0.1) is 0 Å². The summed E-state index contributed by atoms with van der Waals surface area (Å²) in [7, 11) is 0. The van der Waals surface area contributed by atoms with E-state index in [0.29, 0.717) is 0 Å². The van der Waals surface area contributed by atoms with Crippen LogP contribution >= 0.6 is 17.0 Å². The Balaban J connectivity index is 0. The fourth-order valence-corrected chi connectivity index (χ4v) is 10.8. The first-order valence-electron chi connectivity index (χ1n) is 4.90. The zero-order chi connectivity index (χ0) is 9.45. The molecule has 0 amide bonds. The summed E-state index contributed by atoms with van der Waals surface area (Å²) in [6.07, 6.45) is 5.62. The number of hydrogen-bond donors (Lipinski definition) is 0. The van der Waals surface area contributed by atoms with E-state index in [0.717, 1.165) is 0 Å². The highest BCUT2D eigenvalue weighted by molar-refractivity contribution is 8.93. The number of rotatable bonds is 7. The van der Waals surface area contributed by atoms with Gasteiger partial charge in [0.25, 0.3) is 0 Å². The van der Waals surface area contributed by atoms with Crippen molar-refractivity contribution in [1.82, 2.24) is 0 Å². The summed E-state index contributed by atoms with van der Waals surface area (Å²) >= 11 is 0.203. The molecule has 0 bridgehead atoms. The Morgan fingerprint density at radius 1 is 1.23 bits per heavy atom. The molecule has 13 heavy (non-hydrogen) atoms. The van der Waals surface area contributed by atoms with Crippen molar-refractivity contribution >= 4 is 42.3 Å². The molecule has 74 valence electrons. The molecule has 0 atom stereocenters. The molecule has 0 aliphatic carbocycles. The highest BCUT2D eigenvalue weighted by atomic mass is 79.9. The van der Waals surface area contributed by atoms with Gasteiger partial charge in [-0.3, -0.25) is 0 Å². The van der Waals surface area contributed by atoms with Crippen molar-refractivity contribution in [2.75, 3.05) is 0 Å². The van der Waals surface area contributed by atoms with Crippen molar-refractivity contribution < 1.29 is 0 Å². The Morgan fingerprint density at radius 2 is 1.69 bits per heavy atom. The third kappa shape index (κ3) is 7.97. The Morgan fingerprint density at radius 3 is 2.00 bits per heavy atom. The van der Waals surface area contributed by atoms with E-state index in [1.165, 1.54) is 23.1 Å². The van der Waals surface area contributed by atoms with Crippen LogP contribution in [0.25, 0.3) is 0 Å². The summed E-state index contributed by atoms with van der Waals surface area (Å²) < 4.78 is 1.52. The van der Waals surface area contributed by atoms with Gasteiger partial charge in [-0.05, 0) is 0 Å². The predicted molar refractivity (Wildman–Crippen MR) is 72.8 cm³/mol. The molecule has 0 rings (SSSR count). The second kappa shape index (κ2) is 9.50. The van der Waals surface area contributed by atoms with Crippen LogP contribution in [0.3, 0.4) is 0 Å². The van der Waals surface area contributed by atoms with E-state index in [2.05, 4.69) is 38.8 Å². The number of halogens is 1. The van der Waals surface area contributed by atoms with Crippen molar-refractivity contribution in [3.05, 3.63) is 25.3 Å². The molecule has 0 nitrogen and oxygen atoms in total. The highest BCUT2D eigenvalue weighted by Gasteiger charge is 2.24. The smallest absolute Gasteiger partial charge is 0.149 e. The van der Waals surface area contributed by atoms with Gasteiger partial charge >= 0.3 is 19.6 Å². The molecule has 0 spiro atoms. The van der Waals surface area contributed by atoms with Crippen molar-refractivity contribution in [1.29, 1.82) is 0 Å². The third-order valence-electron chi connectivity index (χ3n) is 2.41. The fourth-order valence-electron chi connectivity index (χ4n) is 1.59. The zero-order valence-electron chi connectivity index (χ0n) is 9.01. The van der Waals surface area contributed by atoms with Gasteiger partial charge in [0.1, 0.15) is 0 Å². The van der Waals surface area contributed by atoms with Crippen molar-refractivity contribution in [3.8, 4) is 0 Å². The maximum atomic E-state index is 3.86. The van der Waals surface area contributed by atoms with E-state index < -0.39 is 5.72 Å². The highest BCUT2D eigenvalue weighted by Crippen LogP contribution is 2.16. The summed E-state index contributed by atoms with van der Waals surface area (Å²) in [4.78, 5) is 0. The van der Waals surface area contributed by atoms with E-state index in [1.54, 1.807) is 0 Å². The molecule has 0 aromatic heterocycles. The lowest BCUT2D eigenvalue weighted by Gasteiger charge is -2.24. The molecule has 0 radical (unpaired) electrons. The molecule has 3 heteroatoms. The SMILES string of the molecule is Br.C=CC[Si](C)(CC=C)[Mg][CH2]CC. The fraction of sp³-hybridized carbons (Fsp3) is 0.600. The number of hydrogen-bond acceptors (Lipinski definition) is 0. The minimum atomic E-state index is -0.868. The van der Waals surface area contributed by atoms with Crippen LogP contribution in [0.1, 0.15) is 13.3 Å². The van der Waals surface area contributed by atoms with E-state index in [-0.39, 0.29) is 36.6 Å². The monoisotopic (exact) mass is 272 g/mol. The van der Waals surface area contributed by atoms with Gasteiger partial charge in [0.2, 0.25) is 0 Å². The summed E-state index contributed by atoms with van der Waals surface area (Å²) in [5, 5.41) is 0. The predicted octanol–water partition coefficient (Wildman–Crippen LogP) is 4.04. The van der Waals surface area contributed by atoms with Gasteiger partial charge in [-0.15, -0.1) is 34.7 Å². The molecule has 0 saturated carbocycles. The first kappa shape index (κ1) is 16.4. The largest absolute Gasteiger partial charge is 0.365 e. The zero-order valence-corrected chi connectivity index (χ0v) is 13.1. The first-order chi connectivity index (χ1) is 5.68. The number of allylic oxidation sites excluding steroid dienone is 2. The van der Waals surface area contributed by atoms with Gasteiger partial charge < -0.3 is 0 Å². The lowest BCUT2D eigenvalue weighted by molar-refractivity contribution is 1.08. The van der Waals surface area contributed by atoms with Gasteiger partial charge in [0, 0.05) is 0 Å². The van der Waals surface area contributed by atoms with E-state index in [9.17, 15) is 0 Å². The molecule has 0 aliphatic rings. The summed E-state index contributed by atoms with van der Waals surface area (Å²) in [6.45, 7) is 12.5. The quantitative estimate of drug-likeness (QED) is 0.485. The molecule has 0 unspecified atom stereocenters. The van der Waals surface area contributed by atoms with E-state index >= 15 is 0 Å². The van der Waals surface area contributed by atoms with Gasteiger partial charge in [-0.25, -0.2) is 0 Å². The van der Waals surface area contributed by atoms with Crippen LogP contribution in [0.5, 0.6) is 0 Å². The molecule has 0 heterocycles. The van der Waals surface area contributed by atoms with Crippen molar-refractivity contribution in [2.45, 2.75) is 36.5 Å². The Labute approximate surface area is 104 Å². The molecule has 0 fully saturated rings. The van der Waals surface area contributed by atoms with Crippen LogP contribution in [-0.4, -0.2) is 25.3 Å². The third-order valence-corrected chi connectivity index (χ3v) is 13.6. The molecule has 0 aromatic rings. The summed E-state index contributed by atoms with van der Waals surface area (Å²) in [6, 6.07) is 2.62. The lowest BCUT2D eigenvalue weighted by Crippen LogP contribution is -2.36. The molecule has 0 aromatic carbocycles. The minimum Gasteiger partial charge on any atom is -0.149 e. The Kier molecular flexibility index (Phi) is 12.0. The first-order valence-corrected chi connectivity index (χ1v) is 11.1. The minimum absolute atomic E-state index is 0. The van der Waals surface area contributed by atoms with E-state index in [1.807, 2.05) is 0 Å². The molecule has 0 aliphatic heterocycles. The lowest BCUT2D eigenvalue weighted by atomic mass is 10.6. The van der Waals surface area contributed by atoms with Gasteiger partial charge in [0.15, 0.2) is 0 Å². The second-order valence-corrected chi connectivity index (χ2v) is 16.2. The van der Waals surface area contributed by atoms with Crippen LogP contribution in [0.4, 0.5) is 0 Å². The van der Waals surface area contributed by atoms with Crippen LogP contribution in [0, 0.1) is 0 Å². The molecule has 0 N–H and O–H groups in total. The second-order valence-electron chi connectivity index (χ2n) is 3.90. The summed E-state index contributed by atoms with van der Waals surface area (Å²) in [5.41, 5.74) is -0.868. The van der Waals surface area contributed by atoms with Crippen molar-refractivity contribution in [3.63, 3.8) is 0 Å². The average molecular weight is 274 g/mol. The summed E-state index contributed by atoms with van der Waals surface area (Å²) in [5.74, 6) is 0. The maximum absolute atomic E-state index is 3.86. The van der Waals surface area contributed by atoms with Crippen LogP contribution in [0.15, 0.2) is 25.3 Å².